The van der Waals surface area contributed by atoms with E-state index in [1.165, 1.54) is 4.83 Å². The SMILES string of the molecule is NC(=O)NNS(=O)(=O)c1cccc(C(F)(F)F)c1. The fourth-order valence-corrected chi connectivity index (χ4v) is 1.91. The van der Waals surface area contributed by atoms with Crippen molar-refractivity contribution in [2.24, 2.45) is 5.73 Å². The number of amides is 2. The zero-order valence-corrected chi connectivity index (χ0v) is 9.47. The standard InChI is InChI=1S/C8H8F3N3O3S/c9-8(10,11)5-2-1-3-6(4-5)18(16,17)14-13-7(12)15/h1-4,14H,(H3,12,13,15). The Balaban J connectivity index is 3.07. The molecule has 0 saturated heterocycles. The van der Waals surface area contributed by atoms with Crippen molar-refractivity contribution in [2.45, 2.75) is 11.1 Å². The molecule has 0 aliphatic rings. The summed E-state index contributed by atoms with van der Waals surface area (Å²) in [6.45, 7) is 0. The molecule has 0 radical (unpaired) electrons. The molecule has 4 N–H and O–H groups in total. The molecular formula is C8H8F3N3O3S. The Morgan fingerprint density at radius 3 is 2.39 bits per heavy atom. The largest absolute Gasteiger partial charge is 0.416 e. The molecule has 0 aromatic heterocycles. The molecule has 0 aliphatic heterocycles. The highest BCUT2D eigenvalue weighted by Gasteiger charge is 2.31. The Bertz CT molecular complexity index is 556. The Labute approximate surface area is 100.0 Å². The minimum absolute atomic E-state index is 0.436. The fourth-order valence-electron chi connectivity index (χ4n) is 1.02. The number of nitrogens with one attached hydrogen (secondary N) is 2. The topological polar surface area (TPSA) is 101 Å². The first kappa shape index (κ1) is 14.3. The summed E-state index contributed by atoms with van der Waals surface area (Å²) in [6.07, 6.45) is -4.66. The van der Waals surface area contributed by atoms with Gasteiger partial charge in [-0.2, -0.15) is 13.2 Å². The van der Waals surface area contributed by atoms with E-state index in [1.807, 2.05) is 0 Å². The third-order valence-electron chi connectivity index (χ3n) is 1.78. The molecule has 10 heteroatoms. The van der Waals surface area contributed by atoms with Gasteiger partial charge in [0, 0.05) is 0 Å². The summed E-state index contributed by atoms with van der Waals surface area (Å²) in [4.78, 5) is 11.2. The van der Waals surface area contributed by atoms with Crippen LogP contribution in [0.5, 0.6) is 0 Å². The van der Waals surface area contributed by atoms with E-state index in [2.05, 4.69) is 5.73 Å². The van der Waals surface area contributed by atoms with E-state index in [0.717, 1.165) is 18.2 Å². The van der Waals surface area contributed by atoms with Gasteiger partial charge in [0.15, 0.2) is 0 Å². The summed E-state index contributed by atoms with van der Waals surface area (Å²) in [5.74, 6) is 0. The lowest BCUT2D eigenvalue weighted by Gasteiger charge is -2.10. The van der Waals surface area contributed by atoms with E-state index in [9.17, 15) is 26.4 Å². The molecule has 0 fully saturated rings. The van der Waals surface area contributed by atoms with Gasteiger partial charge in [0.2, 0.25) is 0 Å². The van der Waals surface area contributed by atoms with E-state index in [1.54, 1.807) is 5.43 Å². The minimum Gasteiger partial charge on any atom is -0.351 e. The maximum absolute atomic E-state index is 12.4. The third kappa shape index (κ3) is 3.60. The zero-order chi connectivity index (χ0) is 14.0. The summed E-state index contributed by atoms with van der Waals surface area (Å²) in [5, 5.41) is 0. The molecular weight excluding hydrogens is 275 g/mol. The second kappa shape index (κ2) is 4.82. The van der Waals surface area contributed by atoms with Crippen LogP contribution < -0.4 is 16.0 Å². The van der Waals surface area contributed by atoms with Gasteiger partial charge in [-0.3, -0.25) is 5.43 Å². The van der Waals surface area contributed by atoms with Crippen molar-refractivity contribution >= 4 is 16.1 Å². The molecule has 1 aromatic carbocycles. The third-order valence-corrected chi connectivity index (χ3v) is 3.03. The molecule has 0 heterocycles. The quantitative estimate of drug-likeness (QED) is 0.707. The van der Waals surface area contributed by atoms with Crippen LogP contribution in [0.25, 0.3) is 0 Å². The Morgan fingerprint density at radius 2 is 1.89 bits per heavy atom. The predicted octanol–water partition coefficient (Wildman–Crippen LogP) is 0.567. The van der Waals surface area contributed by atoms with Gasteiger partial charge < -0.3 is 5.73 Å². The average Bonchev–Trinajstić information content (AvgIpc) is 2.26. The predicted molar refractivity (Wildman–Crippen MR) is 54.5 cm³/mol. The summed E-state index contributed by atoms with van der Waals surface area (Å²) in [7, 11) is -4.30. The zero-order valence-electron chi connectivity index (χ0n) is 8.65. The van der Waals surface area contributed by atoms with Crippen molar-refractivity contribution in [1.82, 2.24) is 10.3 Å². The van der Waals surface area contributed by atoms with Crippen LogP contribution in [-0.2, 0) is 16.2 Å². The number of rotatable bonds is 3. The maximum Gasteiger partial charge on any atom is 0.416 e. The molecule has 0 bridgehead atoms. The first-order valence-corrected chi connectivity index (χ1v) is 5.86. The minimum atomic E-state index is -4.66. The second-order valence-electron chi connectivity index (χ2n) is 3.12. The molecule has 0 atom stereocenters. The summed E-state index contributed by atoms with van der Waals surface area (Å²) < 4.78 is 60.0. The lowest BCUT2D eigenvalue weighted by atomic mass is 10.2. The maximum atomic E-state index is 12.4. The number of alkyl halides is 3. The van der Waals surface area contributed by atoms with Crippen LogP contribution in [0, 0.1) is 0 Å². The van der Waals surface area contributed by atoms with Crippen molar-refractivity contribution in [2.75, 3.05) is 0 Å². The van der Waals surface area contributed by atoms with Crippen LogP contribution in [-0.4, -0.2) is 14.4 Å². The summed E-state index contributed by atoms with van der Waals surface area (Å²) in [5.41, 5.74) is 5.06. The smallest absolute Gasteiger partial charge is 0.351 e. The molecule has 100 valence electrons. The van der Waals surface area contributed by atoms with Gasteiger partial charge in [0.1, 0.15) is 0 Å². The van der Waals surface area contributed by atoms with Crippen molar-refractivity contribution in [3.63, 3.8) is 0 Å². The van der Waals surface area contributed by atoms with Crippen LogP contribution in [0.15, 0.2) is 29.2 Å². The molecule has 0 aliphatic carbocycles. The van der Waals surface area contributed by atoms with Gasteiger partial charge >= 0.3 is 12.2 Å². The number of benzene rings is 1. The van der Waals surface area contributed by atoms with E-state index < -0.39 is 32.7 Å². The van der Waals surface area contributed by atoms with Crippen LogP contribution in [0.4, 0.5) is 18.0 Å². The highest BCUT2D eigenvalue weighted by Crippen LogP contribution is 2.30. The number of primary amides is 1. The van der Waals surface area contributed by atoms with Crippen LogP contribution >= 0.6 is 0 Å². The Kier molecular flexibility index (Phi) is 3.82. The number of carbonyl (C=O) groups excluding carboxylic acids is 1. The lowest BCUT2D eigenvalue weighted by Crippen LogP contribution is -2.44. The van der Waals surface area contributed by atoms with Gasteiger partial charge in [-0.1, -0.05) is 6.07 Å². The van der Waals surface area contributed by atoms with E-state index in [-0.39, 0.29) is 0 Å². The monoisotopic (exact) mass is 283 g/mol. The second-order valence-corrected chi connectivity index (χ2v) is 4.80. The highest BCUT2D eigenvalue weighted by atomic mass is 32.2. The number of hydrogen-bond acceptors (Lipinski definition) is 3. The van der Waals surface area contributed by atoms with E-state index >= 15 is 0 Å². The Morgan fingerprint density at radius 1 is 1.28 bits per heavy atom. The highest BCUT2D eigenvalue weighted by molar-refractivity contribution is 7.89. The van der Waals surface area contributed by atoms with Crippen molar-refractivity contribution in [3.8, 4) is 0 Å². The fraction of sp³-hybridized carbons (Fsp3) is 0.125. The van der Waals surface area contributed by atoms with Crippen LogP contribution in [0.1, 0.15) is 5.56 Å². The number of nitrogens with two attached hydrogens (primary N) is 1. The average molecular weight is 283 g/mol. The number of urea groups is 1. The van der Waals surface area contributed by atoms with E-state index in [4.69, 9.17) is 0 Å². The number of sulfonamides is 1. The number of carbonyl (C=O) groups is 1. The molecule has 1 aromatic rings. The summed E-state index contributed by atoms with van der Waals surface area (Å²) in [6, 6.07) is 1.85. The molecule has 0 unspecified atom stereocenters. The van der Waals surface area contributed by atoms with Gasteiger partial charge in [-0.05, 0) is 18.2 Å². The molecule has 0 spiro atoms. The van der Waals surface area contributed by atoms with Gasteiger partial charge in [0.05, 0.1) is 10.5 Å². The van der Waals surface area contributed by atoms with Gasteiger partial charge in [-0.25, -0.2) is 13.2 Å². The first-order chi connectivity index (χ1) is 8.13. The number of hydrogen-bond donors (Lipinski definition) is 3. The molecule has 18 heavy (non-hydrogen) atoms. The van der Waals surface area contributed by atoms with Crippen molar-refractivity contribution < 1.29 is 26.4 Å². The van der Waals surface area contributed by atoms with Crippen LogP contribution in [0.2, 0.25) is 0 Å². The van der Waals surface area contributed by atoms with Crippen molar-refractivity contribution in [3.05, 3.63) is 29.8 Å². The normalized spacial score (nSPS) is 12.2. The van der Waals surface area contributed by atoms with E-state index in [0.29, 0.717) is 6.07 Å². The lowest BCUT2D eigenvalue weighted by molar-refractivity contribution is -0.137. The number of hydrazine groups is 1. The number of halogens is 3. The van der Waals surface area contributed by atoms with Crippen molar-refractivity contribution in [1.29, 1.82) is 0 Å². The first-order valence-electron chi connectivity index (χ1n) is 4.37. The van der Waals surface area contributed by atoms with Gasteiger partial charge in [0.25, 0.3) is 10.0 Å². The molecule has 0 saturated carbocycles. The molecule has 2 amide bonds. The molecule has 1 rings (SSSR count). The Hall–Kier alpha value is -1.81. The van der Waals surface area contributed by atoms with Crippen LogP contribution in [0.3, 0.4) is 0 Å². The molecule has 6 nitrogen and oxygen atoms in total. The van der Waals surface area contributed by atoms with Gasteiger partial charge in [-0.15, -0.1) is 4.83 Å². The summed E-state index contributed by atoms with van der Waals surface area (Å²) >= 11 is 0.